The SMILES string of the molecule is CC[C@H](C)C[C@H](C)CCCCCCCCC(=O)NC1C[C@@H](O)CNC(=O)C2[C@@H](O)CCN2C(=O)C([C@H](O)CCN)NC(=O)C([C@H](O)[C@@H](O)c2ccc(O)cc2)NC(=O)[C@@H]2C[C@@H](O)CN2C(=O)[C@H]([C@@H](C)O)NC1=O. The van der Waals surface area contributed by atoms with Crippen LogP contribution in [-0.4, -0.2) is 191 Å². The van der Waals surface area contributed by atoms with Crippen molar-refractivity contribution in [3.8, 4) is 5.75 Å². The number of β-amino-alcohol motifs (C(OH)–C–C–N with tert-alkyl or cyclic N) is 1. The fraction of sp³-hybridized carbons (Fsp3) is 0.740. The van der Waals surface area contributed by atoms with Crippen LogP contribution in [0.15, 0.2) is 24.3 Å². The Morgan fingerprint density at radius 3 is 2.00 bits per heavy atom. The average molecular weight is 1040 g/mol. The van der Waals surface area contributed by atoms with Gasteiger partial charge in [-0.1, -0.05) is 77.8 Å². The first kappa shape index (κ1) is 60.5. The van der Waals surface area contributed by atoms with Crippen LogP contribution in [0.1, 0.15) is 129 Å². The predicted molar refractivity (Wildman–Crippen MR) is 264 cm³/mol. The summed E-state index contributed by atoms with van der Waals surface area (Å²) in [6.45, 7) is 6.32. The van der Waals surface area contributed by atoms with Gasteiger partial charge < -0.3 is 83.0 Å². The monoisotopic (exact) mass is 1030 g/mol. The second-order valence-electron chi connectivity index (χ2n) is 20.4. The van der Waals surface area contributed by atoms with E-state index in [1.807, 2.05) is 0 Å². The molecular weight excluding hydrogens is 953 g/mol. The molecule has 1 aromatic rings. The molecule has 4 rings (SSSR count). The molecule has 3 aliphatic heterocycles. The molecule has 15 N–H and O–H groups in total. The van der Waals surface area contributed by atoms with E-state index in [1.54, 1.807) is 0 Å². The molecule has 73 heavy (non-hydrogen) atoms. The summed E-state index contributed by atoms with van der Waals surface area (Å²) in [6.07, 6.45) is -4.74. The van der Waals surface area contributed by atoms with Gasteiger partial charge in [-0.2, -0.15) is 0 Å². The maximum Gasteiger partial charge on any atom is 0.248 e. The summed E-state index contributed by atoms with van der Waals surface area (Å²) in [5.74, 6) is -6.18. The normalized spacial score (nSPS) is 28.5. The number of rotatable bonds is 20. The number of benzene rings is 1. The van der Waals surface area contributed by atoms with Gasteiger partial charge in [0.25, 0.3) is 0 Å². The molecule has 0 bridgehead atoms. The van der Waals surface area contributed by atoms with Gasteiger partial charge in [-0.3, -0.25) is 33.6 Å². The van der Waals surface area contributed by atoms with Crippen molar-refractivity contribution >= 4 is 41.4 Å². The molecule has 3 heterocycles. The zero-order valence-electron chi connectivity index (χ0n) is 42.6. The van der Waals surface area contributed by atoms with Crippen molar-refractivity contribution in [1.82, 2.24) is 36.4 Å². The first-order valence-electron chi connectivity index (χ1n) is 25.9. The Morgan fingerprint density at radius 2 is 1.36 bits per heavy atom. The number of unbranched alkanes of at least 4 members (excludes halogenated alkanes) is 5. The van der Waals surface area contributed by atoms with Crippen LogP contribution in [-0.2, 0) is 33.6 Å². The standard InChI is InChI=1S/C50H82N8O15/c1-5-27(2)22-28(3)12-10-8-6-7-9-11-13-38(65)53-34-23-32(61)25-52-48(71)42-37(64)19-21-57(42)50(73)40(36(63)18-20-51)55-47(70)41(44(67)43(66)30-14-16-31(60)17-15-30)56-46(69)35-24-33(62)26-58(35)49(72)39(29(4)59)54-45(34)68/h14-17,27-29,32-37,39-44,59-64,66-67H,5-13,18-26,51H2,1-4H3,(H,52,71)(H,53,65)(H,54,68)(H,55,70)(H,56,69)/t27-,28+,29+,32+,33+,34?,35-,36+,37-,39-,40?,41?,42?,43-,44-/m0/s1. The Bertz CT molecular complexity index is 1980. The van der Waals surface area contributed by atoms with Crippen molar-refractivity contribution in [2.45, 2.75) is 197 Å². The van der Waals surface area contributed by atoms with Crippen molar-refractivity contribution in [1.29, 1.82) is 0 Å². The van der Waals surface area contributed by atoms with Crippen LogP contribution in [0.3, 0.4) is 0 Å². The predicted octanol–water partition coefficient (Wildman–Crippen LogP) is -2.19. The van der Waals surface area contributed by atoms with Crippen molar-refractivity contribution in [2.24, 2.45) is 17.6 Å². The molecule has 3 fully saturated rings. The van der Waals surface area contributed by atoms with Crippen molar-refractivity contribution in [3.05, 3.63) is 29.8 Å². The maximum absolute atomic E-state index is 14.4. The van der Waals surface area contributed by atoms with E-state index in [4.69, 9.17) is 5.73 Å². The number of nitrogens with one attached hydrogen (secondary N) is 5. The van der Waals surface area contributed by atoms with Crippen molar-refractivity contribution < 1.29 is 74.4 Å². The highest BCUT2D eigenvalue weighted by Gasteiger charge is 2.48. The third kappa shape index (κ3) is 17.5. The Hall–Kier alpha value is -5.01. The van der Waals surface area contributed by atoms with E-state index in [0.29, 0.717) is 18.3 Å². The van der Waals surface area contributed by atoms with E-state index >= 15 is 0 Å². The summed E-state index contributed by atoms with van der Waals surface area (Å²) in [7, 11) is 0. The zero-order valence-corrected chi connectivity index (χ0v) is 42.6. The van der Waals surface area contributed by atoms with E-state index in [-0.39, 0.29) is 43.7 Å². The number of aliphatic hydroxyl groups is 7. The largest absolute Gasteiger partial charge is 0.508 e. The number of phenols is 1. The number of aromatic hydroxyl groups is 1. The highest BCUT2D eigenvalue weighted by molar-refractivity contribution is 5.98. The van der Waals surface area contributed by atoms with Crippen LogP contribution in [0.2, 0.25) is 0 Å². The van der Waals surface area contributed by atoms with Gasteiger partial charge in [0.15, 0.2) is 0 Å². The topological polar surface area (TPSA) is 374 Å². The Kier molecular flexibility index (Phi) is 24.2. The summed E-state index contributed by atoms with van der Waals surface area (Å²) >= 11 is 0. The van der Waals surface area contributed by atoms with Crippen LogP contribution < -0.4 is 32.3 Å². The van der Waals surface area contributed by atoms with Crippen LogP contribution in [0.25, 0.3) is 0 Å². The molecule has 412 valence electrons. The van der Waals surface area contributed by atoms with Crippen LogP contribution in [0, 0.1) is 11.8 Å². The van der Waals surface area contributed by atoms with Gasteiger partial charge in [-0.25, -0.2) is 0 Å². The molecule has 0 aliphatic carbocycles. The maximum atomic E-state index is 14.4. The highest BCUT2D eigenvalue weighted by atomic mass is 16.3. The number of hydrogen-bond acceptors (Lipinski definition) is 16. The van der Waals surface area contributed by atoms with Gasteiger partial charge in [-0.05, 0) is 68.7 Å². The average Bonchev–Trinajstić information content (AvgIpc) is 3.94. The summed E-state index contributed by atoms with van der Waals surface area (Å²) in [5.41, 5.74) is 5.66. The lowest BCUT2D eigenvalue weighted by molar-refractivity contribution is -0.148. The Morgan fingerprint density at radius 1 is 0.740 bits per heavy atom. The lowest BCUT2D eigenvalue weighted by atomic mass is 9.91. The number of hydrogen-bond donors (Lipinski definition) is 14. The van der Waals surface area contributed by atoms with Crippen molar-refractivity contribution in [2.75, 3.05) is 26.2 Å². The Balaban J connectivity index is 1.65. The number of carbonyl (C=O) groups is 7. The summed E-state index contributed by atoms with van der Waals surface area (Å²) < 4.78 is 0. The summed E-state index contributed by atoms with van der Waals surface area (Å²) in [4.78, 5) is 100. The van der Waals surface area contributed by atoms with E-state index in [2.05, 4.69) is 47.4 Å². The minimum atomic E-state index is -2.26. The minimum absolute atomic E-state index is 0.00714. The van der Waals surface area contributed by atoms with Gasteiger partial charge in [0.05, 0.1) is 30.5 Å². The lowest BCUT2D eigenvalue weighted by Crippen LogP contribution is -2.64. The van der Waals surface area contributed by atoms with Gasteiger partial charge in [0.1, 0.15) is 54.2 Å². The molecule has 4 unspecified atom stereocenters. The number of aliphatic hydroxyl groups excluding tert-OH is 7. The number of fused-ring (bicyclic) bond motifs is 2. The van der Waals surface area contributed by atoms with Crippen LogP contribution >= 0.6 is 0 Å². The molecule has 0 radical (unpaired) electrons. The van der Waals surface area contributed by atoms with Gasteiger partial charge >= 0.3 is 0 Å². The third-order valence-electron chi connectivity index (χ3n) is 14.2. The molecule has 0 spiro atoms. The molecule has 0 saturated carbocycles. The van der Waals surface area contributed by atoms with E-state index in [9.17, 15) is 74.4 Å². The van der Waals surface area contributed by atoms with E-state index in [0.717, 1.165) is 61.7 Å². The second-order valence-corrected chi connectivity index (χ2v) is 20.4. The molecule has 1 aromatic carbocycles. The molecule has 7 amide bonds. The lowest BCUT2D eigenvalue weighted by Gasteiger charge is -2.34. The molecule has 3 saturated heterocycles. The van der Waals surface area contributed by atoms with Crippen LogP contribution in [0.5, 0.6) is 5.75 Å². The molecule has 23 nitrogen and oxygen atoms in total. The quantitative estimate of drug-likeness (QED) is 0.0617. The van der Waals surface area contributed by atoms with Gasteiger partial charge in [-0.15, -0.1) is 0 Å². The molecule has 0 aromatic heterocycles. The summed E-state index contributed by atoms with van der Waals surface area (Å²) in [5, 5.41) is 100. The second kappa shape index (κ2) is 29.2. The number of nitrogens with zero attached hydrogens (tertiary/aromatic N) is 2. The number of amides is 7. The molecular formula is C50H82N8O15. The van der Waals surface area contributed by atoms with Crippen LogP contribution in [0.4, 0.5) is 0 Å². The fourth-order valence-electron chi connectivity index (χ4n) is 9.79. The minimum Gasteiger partial charge on any atom is -0.508 e. The first-order valence-corrected chi connectivity index (χ1v) is 25.9. The van der Waals surface area contributed by atoms with Crippen molar-refractivity contribution in [3.63, 3.8) is 0 Å². The molecule has 3 aliphatic rings. The smallest absolute Gasteiger partial charge is 0.248 e. The number of nitrogens with two attached hydrogens (primary N) is 1. The zero-order chi connectivity index (χ0) is 54.1. The van der Waals surface area contributed by atoms with E-state index in [1.165, 1.54) is 30.7 Å². The highest BCUT2D eigenvalue weighted by Crippen LogP contribution is 2.26. The third-order valence-corrected chi connectivity index (χ3v) is 14.2. The van der Waals surface area contributed by atoms with E-state index < -0.39 is 146 Å². The first-order chi connectivity index (χ1) is 34.6. The van der Waals surface area contributed by atoms with Gasteiger partial charge in [0.2, 0.25) is 41.4 Å². The summed E-state index contributed by atoms with van der Waals surface area (Å²) in [6, 6.07) is -6.08. The molecule has 23 heteroatoms. The van der Waals surface area contributed by atoms with Gasteiger partial charge in [0, 0.05) is 38.9 Å². The molecule has 15 atom stereocenters. The number of phenolic OH excluding ortho intramolecular Hbond substituents is 1. The Labute approximate surface area is 427 Å². The number of carbonyl (C=O) groups excluding carboxylic acids is 7. The fourth-order valence-corrected chi connectivity index (χ4v) is 9.79.